The monoisotopic (exact) mass is 475 g/mol. The SMILES string of the molecule is O=C(NCCCCC(CP(=O)(O)CCCCc1ccccc1)C(=O)O)OCc1ccccc1. The highest BCUT2D eigenvalue weighted by Crippen LogP contribution is 2.44. The second-order valence-electron chi connectivity index (χ2n) is 8.21. The van der Waals surface area contributed by atoms with E-state index in [-0.39, 0.29) is 18.9 Å². The highest BCUT2D eigenvalue weighted by molar-refractivity contribution is 7.58. The van der Waals surface area contributed by atoms with Gasteiger partial charge in [0, 0.05) is 18.9 Å². The summed E-state index contributed by atoms with van der Waals surface area (Å²) < 4.78 is 17.6. The number of carboxylic acid groups (broad SMARTS) is 1. The van der Waals surface area contributed by atoms with E-state index in [1.54, 1.807) is 0 Å². The molecule has 2 rings (SSSR count). The Balaban J connectivity index is 1.60. The molecule has 2 atom stereocenters. The van der Waals surface area contributed by atoms with Crippen LogP contribution >= 0.6 is 7.37 Å². The molecule has 0 fully saturated rings. The first-order valence-electron chi connectivity index (χ1n) is 11.4. The van der Waals surface area contributed by atoms with E-state index in [0.29, 0.717) is 32.2 Å². The molecule has 0 spiro atoms. The Morgan fingerprint density at radius 3 is 2.18 bits per heavy atom. The number of carboxylic acids is 1. The molecule has 2 aromatic rings. The zero-order valence-corrected chi connectivity index (χ0v) is 19.8. The molecular formula is C25H34NO6P. The zero-order chi connectivity index (χ0) is 23.9. The van der Waals surface area contributed by atoms with Crippen LogP contribution in [0.2, 0.25) is 0 Å². The quantitative estimate of drug-likeness (QED) is 0.245. The summed E-state index contributed by atoms with van der Waals surface area (Å²) in [5, 5.41) is 12.1. The number of nitrogens with one attached hydrogen (secondary N) is 1. The number of aliphatic carboxylic acids is 1. The molecule has 33 heavy (non-hydrogen) atoms. The van der Waals surface area contributed by atoms with Crippen LogP contribution < -0.4 is 5.32 Å². The van der Waals surface area contributed by atoms with Gasteiger partial charge < -0.3 is 20.1 Å². The minimum absolute atomic E-state index is 0.137. The van der Waals surface area contributed by atoms with Gasteiger partial charge in [-0.25, -0.2) is 4.79 Å². The van der Waals surface area contributed by atoms with Crippen molar-refractivity contribution in [2.45, 2.75) is 45.1 Å². The summed E-state index contributed by atoms with van der Waals surface area (Å²) in [6.45, 7) is 0.543. The Bertz CT molecular complexity index is 890. The van der Waals surface area contributed by atoms with Gasteiger partial charge in [-0.1, -0.05) is 67.1 Å². The van der Waals surface area contributed by atoms with E-state index in [9.17, 15) is 24.2 Å². The summed E-state index contributed by atoms with van der Waals surface area (Å²) in [4.78, 5) is 33.6. The largest absolute Gasteiger partial charge is 0.481 e. The summed E-state index contributed by atoms with van der Waals surface area (Å²) in [5.74, 6) is -1.91. The number of aryl methyl sites for hydroxylation is 1. The lowest BCUT2D eigenvalue weighted by Gasteiger charge is -2.17. The van der Waals surface area contributed by atoms with Crippen molar-refractivity contribution in [2.24, 2.45) is 5.92 Å². The molecule has 0 aliphatic rings. The predicted octanol–water partition coefficient (Wildman–Crippen LogP) is 5.08. The van der Waals surface area contributed by atoms with Crippen molar-refractivity contribution in [1.82, 2.24) is 5.32 Å². The first kappa shape index (κ1) is 26.6. The van der Waals surface area contributed by atoms with Crippen LogP contribution in [-0.4, -0.2) is 40.9 Å². The minimum Gasteiger partial charge on any atom is -0.481 e. The van der Waals surface area contributed by atoms with Gasteiger partial charge in [0.2, 0.25) is 7.37 Å². The summed E-state index contributed by atoms with van der Waals surface area (Å²) in [6.07, 6.45) is 3.01. The van der Waals surface area contributed by atoms with Gasteiger partial charge >= 0.3 is 12.1 Å². The van der Waals surface area contributed by atoms with E-state index in [4.69, 9.17) is 4.74 Å². The lowest BCUT2D eigenvalue weighted by molar-refractivity contribution is -0.141. The molecule has 3 N–H and O–H groups in total. The third kappa shape index (κ3) is 11.7. The van der Waals surface area contributed by atoms with Crippen LogP contribution in [0.4, 0.5) is 4.79 Å². The van der Waals surface area contributed by atoms with Crippen molar-refractivity contribution in [3.05, 3.63) is 71.8 Å². The number of ether oxygens (including phenoxy) is 1. The number of benzene rings is 2. The maximum atomic E-state index is 12.5. The zero-order valence-electron chi connectivity index (χ0n) is 18.9. The predicted molar refractivity (Wildman–Crippen MR) is 129 cm³/mol. The van der Waals surface area contributed by atoms with Crippen LogP contribution in [0.15, 0.2) is 60.7 Å². The molecule has 180 valence electrons. The first-order valence-corrected chi connectivity index (χ1v) is 13.4. The molecule has 0 saturated carbocycles. The number of unbranched alkanes of at least 4 members (excludes halogenated alkanes) is 2. The molecule has 0 heterocycles. The fourth-order valence-corrected chi connectivity index (χ4v) is 5.47. The number of rotatable bonds is 15. The number of carbonyl (C=O) groups is 2. The van der Waals surface area contributed by atoms with Gasteiger partial charge in [0.25, 0.3) is 0 Å². The normalized spacial score (nSPS) is 13.6. The van der Waals surface area contributed by atoms with Crippen molar-refractivity contribution in [1.29, 1.82) is 0 Å². The molecule has 7 nitrogen and oxygen atoms in total. The summed E-state index contributed by atoms with van der Waals surface area (Å²) in [7, 11) is -3.50. The van der Waals surface area contributed by atoms with Gasteiger partial charge in [0.05, 0.1) is 5.92 Å². The van der Waals surface area contributed by atoms with Crippen molar-refractivity contribution in [2.75, 3.05) is 18.9 Å². The van der Waals surface area contributed by atoms with E-state index >= 15 is 0 Å². The second kappa shape index (κ2) is 14.5. The van der Waals surface area contributed by atoms with Crippen LogP contribution in [-0.2, 0) is 27.1 Å². The molecule has 0 saturated heterocycles. The molecule has 0 bridgehead atoms. The topological polar surface area (TPSA) is 113 Å². The molecule has 8 heteroatoms. The van der Waals surface area contributed by atoms with E-state index in [1.807, 2.05) is 60.7 Å². The lowest BCUT2D eigenvalue weighted by Crippen LogP contribution is -2.25. The average molecular weight is 476 g/mol. The van der Waals surface area contributed by atoms with Crippen LogP contribution in [0.25, 0.3) is 0 Å². The summed E-state index contributed by atoms with van der Waals surface area (Å²) >= 11 is 0. The van der Waals surface area contributed by atoms with Crippen molar-refractivity contribution >= 4 is 19.4 Å². The Labute approximate surface area is 195 Å². The Morgan fingerprint density at radius 1 is 0.909 bits per heavy atom. The highest BCUT2D eigenvalue weighted by atomic mass is 31.2. The summed E-state index contributed by atoms with van der Waals surface area (Å²) in [5.41, 5.74) is 2.08. The third-order valence-electron chi connectivity index (χ3n) is 5.38. The van der Waals surface area contributed by atoms with Gasteiger partial charge in [-0.2, -0.15) is 0 Å². The molecule has 0 aromatic heterocycles. The average Bonchev–Trinajstić information content (AvgIpc) is 2.81. The highest BCUT2D eigenvalue weighted by Gasteiger charge is 2.28. The standard InChI is InChI=1S/C25H34NO6P/c27-24(28)23(20-33(30,31)18-10-8-13-21-11-3-1-4-12-21)16-7-9-17-26-25(29)32-19-22-14-5-2-6-15-22/h1-6,11-12,14-15,23H,7-10,13,16-20H2,(H,26,29)(H,27,28)(H,30,31). The Kier molecular flexibility index (Phi) is 11.7. The van der Waals surface area contributed by atoms with Gasteiger partial charge in [-0.05, 0) is 43.2 Å². The maximum Gasteiger partial charge on any atom is 0.407 e. The number of carbonyl (C=O) groups excluding carboxylic acids is 1. The van der Waals surface area contributed by atoms with Crippen molar-refractivity contribution in [3.63, 3.8) is 0 Å². The second-order valence-corrected chi connectivity index (χ2v) is 10.7. The van der Waals surface area contributed by atoms with Gasteiger partial charge in [0.15, 0.2) is 0 Å². The van der Waals surface area contributed by atoms with Crippen LogP contribution in [0.3, 0.4) is 0 Å². The van der Waals surface area contributed by atoms with E-state index in [1.165, 1.54) is 5.56 Å². The summed E-state index contributed by atoms with van der Waals surface area (Å²) in [6, 6.07) is 19.3. The molecular weight excluding hydrogens is 441 g/mol. The number of hydrogen-bond acceptors (Lipinski definition) is 4. The van der Waals surface area contributed by atoms with Gasteiger partial charge in [0.1, 0.15) is 6.61 Å². The fraction of sp³-hybridized carbons (Fsp3) is 0.440. The Hall–Kier alpha value is -2.63. The van der Waals surface area contributed by atoms with Crippen LogP contribution in [0, 0.1) is 5.92 Å². The first-order chi connectivity index (χ1) is 15.9. The maximum absolute atomic E-state index is 12.5. The molecule has 0 radical (unpaired) electrons. The minimum atomic E-state index is -3.50. The van der Waals surface area contributed by atoms with E-state index in [0.717, 1.165) is 18.4 Å². The van der Waals surface area contributed by atoms with E-state index in [2.05, 4.69) is 5.32 Å². The molecule has 2 unspecified atom stereocenters. The van der Waals surface area contributed by atoms with Crippen molar-refractivity contribution in [3.8, 4) is 0 Å². The Morgan fingerprint density at radius 2 is 1.55 bits per heavy atom. The number of alkyl carbamates (subject to hydrolysis) is 1. The van der Waals surface area contributed by atoms with Crippen LogP contribution in [0.5, 0.6) is 0 Å². The molecule has 0 aliphatic heterocycles. The van der Waals surface area contributed by atoms with Gasteiger partial charge in [-0.3, -0.25) is 9.36 Å². The number of hydrogen-bond donors (Lipinski definition) is 3. The van der Waals surface area contributed by atoms with Crippen LogP contribution in [0.1, 0.15) is 43.2 Å². The van der Waals surface area contributed by atoms with Crippen molar-refractivity contribution < 1.29 is 28.9 Å². The molecule has 2 aromatic carbocycles. The molecule has 0 aliphatic carbocycles. The lowest BCUT2D eigenvalue weighted by atomic mass is 10.0. The van der Waals surface area contributed by atoms with E-state index < -0.39 is 25.3 Å². The number of amides is 1. The third-order valence-corrected chi connectivity index (χ3v) is 7.41. The fourth-order valence-electron chi connectivity index (χ4n) is 3.54. The van der Waals surface area contributed by atoms with Gasteiger partial charge in [-0.15, -0.1) is 0 Å². The smallest absolute Gasteiger partial charge is 0.407 e. The molecule has 1 amide bonds.